The molecule has 0 aromatic carbocycles. The highest BCUT2D eigenvalue weighted by atomic mass is 31.2. The monoisotopic (exact) mass is 361 g/mol. The number of imidazole rings is 1. The molecule has 2 aromatic rings. The average Bonchev–Trinajstić information content (AvgIpc) is 3.08. The third-order valence-electron chi connectivity index (χ3n) is 3.64. The van der Waals surface area contributed by atoms with Crippen LogP contribution in [-0.4, -0.2) is 60.3 Å². The second kappa shape index (κ2) is 6.24. The van der Waals surface area contributed by atoms with Crippen molar-refractivity contribution in [2.24, 2.45) is 0 Å². The van der Waals surface area contributed by atoms with Crippen LogP contribution in [0.25, 0.3) is 11.2 Å². The van der Waals surface area contributed by atoms with Gasteiger partial charge in [-0.25, -0.2) is 14.3 Å². The number of rotatable bonds is 5. The van der Waals surface area contributed by atoms with E-state index in [2.05, 4.69) is 24.8 Å². The van der Waals surface area contributed by atoms with Gasteiger partial charge in [0.05, 0.1) is 12.9 Å². The van der Waals surface area contributed by atoms with Crippen LogP contribution in [0.3, 0.4) is 0 Å². The zero-order chi connectivity index (χ0) is 17.5. The van der Waals surface area contributed by atoms with Crippen molar-refractivity contribution in [2.45, 2.75) is 24.9 Å². The van der Waals surface area contributed by atoms with Gasteiger partial charge in [0.2, 0.25) is 0 Å². The first-order chi connectivity index (χ1) is 11.3. The van der Waals surface area contributed by atoms with E-state index in [1.54, 1.807) is 7.05 Å². The molecule has 132 valence electrons. The molecule has 0 spiro atoms. The lowest BCUT2D eigenvalue weighted by atomic mass is 10.2. The lowest BCUT2D eigenvalue weighted by Crippen LogP contribution is -2.26. The second-order valence-corrected chi connectivity index (χ2v) is 6.36. The predicted molar refractivity (Wildman–Crippen MR) is 80.2 cm³/mol. The van der Waals surface area contributed by atoms with E-state index < -0.39 is 38.6 Å². The second-order valence-electron chi connectivity index (χ2n) is 5.17. The van der Waals surface area contributed by atoms with Crippen LogP contribution in [0.1, 0.15) is 12.6 Å². The van der Waals surface area contributed by atoms with E-state index in [0.29, 0.717) is 11.3 Å². The Morgan fingerprint density at radius 2 is 2.33 bits per heavy atom. The van der Waals surface area contributed by atoms with Gasteiger partial charge in [0.15, 0.2) is 5.65 Å². The van der Waals surface area contributed by atoms with E-state index in [-0.39, 0.29) is 12.1 Å². The fourth-order valence-corrected chi connectivity index (χ4v) is 3.22. The number of H-pyrrole nitrogens is 1. The van der Waals surface area contributed by atoms with E-state index >= 15 is 0 Å². The number of phosphoric ester groups is 1. The van der Waals surface area contributed by atoms with Crippen LogP contribution < -0.4 is 11.0 Å². The Labute approximate surface area is 134 Å². The molecule has 1 aliphatic rings. The summed E-state index contributed by atoms with van der Waals surface area (Å²) in [5, 5.41) is 12.1. The summed E-state index contributed by atoms with van der Waals surface area (Å²) >= 11 is 0. The molecule has 0 aliphatic carbocycles. The lowest BCUT2D eigenvalue weighted by Gasteiger charge is -2.16. The molecule has 24 heavy (non-hydrogen) atoms. The molecule has 12 nitrogen and oxygen atoms in total. The first-order valence-corrected chi connectivity index (χ1v) is 8.50. The van der Waals surface area contributed by atoms with Gasteiger partial charge >= 0.3 is 13.5 Å². The number of nitrogens with one attached hydrogen (secondary N) is 2. The largest absolute Gasteiger partial charge is 0.469 e. The standard InChI is InChI=1S/C11H16N5O7P/c1-12-9-8-10(15-11(18)14-9)16(4-13-8)7-2-5(6(3-17)22-7)23-24(19,20)21/h4-7,17H,2-3H2,1H3,(H2,19,20,21)(H2,12,14,15,18)/t5-,6+,7+/m0/s1. The first kappa shape index (κ1) is 17.0. The third kappa shape index (κ3) is 3.20. The van der Waals surface area contributed by atoms with Crippen molar-refractivity contribution in [3.63, 3.8) is 0 Å². The van der Waals surface area contributed by atoms with Crippen molar-refractivity contribution in [3.05, 3.63) is 16.8 Å². The molecule has 1 saturated heterocycles. The number of phosphoric acid groups is 1. The number of nitrogens with zero attached hydrogens (tertiary/aromatic N) is 3. The SMILES string of the molecule is CNc1[nH]c(=O)nc2c1ncn2[C@H]1C[C@H](OP(=O)(O)O)[C@@H](CO)O1. The van der Waals surface area contributed by atoms with E-state index in [9.17, 15) is 14.5 Å². The van der Waals surface area contributed by atoms with Crippen molar-refractivity contribution < 1.29 is 28.7 Å². The Morgan fingerprint density at radius 1 is 1.58 bits per heavy atom. The average molecular weight is 361 g/mol. The summed E-state index contributed by atoms with van der Waals surface area (Å²) in [6, 6.07) is 0. The minimum Gasteiger partial charge on any atom is -0.394 e. The molecule has 1 fully saturated rings. The van der Waals surface area contributed by atoms with Crippen LogP contribution in [0, 0.1) is 0 Å². The molecule has 1 aliphatic heterocycles. The van der Waals surface area contributed by atoms with Crippen LogP contribution in [-0.2, 0) is 13.8 Å². The molecule has 3 rings (SSSR count). The fraction of sp³-hybridized carbons (Fsp3) is 0.545. The van der Waals surface area contributed by atoms with Gasteiger partial charge in [0, 0.05) is 13.5 Å². The van der Waals surface area contributed by atoms with Crippen molar-refractivity contribution in [1.29, 1.82) is 0 Å². The highest BCUT2D eigenvalue weighted by molar-refractivity contribution is 7.46. The normalized spacial score (nSPS) is 24.6. The summed E-state index contributed by atoms with van der Waals surface area (Å²) in [7, 11) is -3.12. The number of aliphatic hydroxyl groups excluding tert-OH is 1. The highest BCUT2D eigenvalue weighted by Gasteiger charge is 2.40. The van der Waals surface area contributed by atoms with E-state index in [1.807, 2.05) is 0 Å². The van der Waals surface area contributed by atoms with Crippen LogP contribution in [0.15, 0.2) is 11.1 Å². The minimum absolute atomic E-state index is 0.0468. The first-order valence-electron chi connectivity index (χ1n) is 6.97. The van der Waals surface area contributed by atoms with Crippen molar-refractivity contribution in [1.82, 2.24) is 19.5 Å². The van der Waals surface area contributed by atoms with Crippen LogP contribution >= 0.6 is 7.82 Å². The van der Waals surface area contributed by atoms with Crippen LogP contribution in [0.4, 0.5) is 5.82 Å². The number of fused-ring (bicyclic) bond motifs is 1. The number of ether oxygens (including phenoxy) is 1. The highest BCUT2D eigenvalue weighted by Crippen LogP contribution is 2.43. The maximum absolute atomic E-state index is 11.6. The molecular weight excluding hydrogens is 345 g/mol. The molecule has 0 radical (unpaired) electrons. The Balaban J connectivity index is 1.95. The van der Waals surface area contributed by atoms with Crippen molar-refractivity contribution in [3.8, 4) is 0 Å². The Morgan fingerprint density at radius 3 is 2.96 bits per heavy atom. The number of hydrogen-bond acceptors (Lipinski definition) is 8. The van der Waals surface area contributed by atoms with Crippen molar-refractivity contribution in [2.75, 3.05) is 19.0 Å². The van der Waals surface area contributed by atoms with Gasteiger partial charge in [0.1, 0.15) is 29.8 Å². The smallest absolute Gasteiger partial charge is 0.394 e. The third-order valence-corrected chi connectivity index (χ3v) is 4.18. The molecule has 0 saturated carbocycles. The molecule has 3 heterocycles. The predicted octanol–water partition coefficient (Wildman–Crippen LogP) is -1.08. The quantitative estimate of drug-likeness (QED) is 0.412. The van der Waals surface area contributed by atoms with Gasteiger partial charge in [-0.15, -0.1) is 0 Å². The van der Waals surface area contributed by atoms with Gasteiger partial charge in [-0.1, -0.05) is 0 Å². The zero-order valence-electron chi connectivity index (χ0n) is 12.5. The summed E-state index contributed by atoms with van der Waals surface area (Å²) in [5.74, 6) is 0.378. The van der Waals surface area contributed by atoms with E-state index in [0.717, 1.165) is 0 Å². The van der Waals surface area contributed by atoms with Gasteiger partial charge < -0.3 is 24.9 Å². The van der Waals surface area contributed by atoms with Gasteiger partial charge in [-0.05, 0) is 0 Å². The summed E-state index contributed by atoms with van der Waals surface area (Å²) in [5.41, 5.74) is 0.0514. The van der Waals surface area contributed by atoms with Gasteiger partial charge in [0.25, 0.3) is 0 Å². The molecule has 2 aromatic heterocycles. The fourth-order valence-electron chi connectivity index (χ4n) is 2.65. The summed E-state index contributed by atoms with van der Waals surface area (Å²) < 4.78 is 22.7. The topological polar surface area (TPSA) is 172 Å². The van der Waals surface area contributed by atoms with Gasteiger partial charge in [-0.2, -0.15) is 4.98 Å². The van der Waals surface area contributed by atoms with Crippen LogP contribution in [0.5, 0.6) is 0 Å². The number of aliphatic hydroxyl groups is 1. The van der Waals surface area contributed by atoms with Crippen LogP contribution in [0.2, 0.25) is 0 Å². The molecule has 0 bridgehead atoms. The Hall–Kier alpha value is -1.82. The number of hydrogen-bond donors (Lipinski definition) is 5. The lowest BCUT2D eigenvalue weighted by molar-refractivity contribution is -0.0425. The maximum atomic E-state index is 11.6. The summed E-state index contributed by atoms with van der Waals surface area (Å²) in [4.78, 5) is 40.1. The summed E-state index contributed by atoms with van der Waals surface area (Å²) in [6.07, 6.45) is -1.24. The van der Waals surface area contributed by atoms with E-state index in [1.165, 1.54) is 10.9 Å². The van der Waals surface area contributed by atoms with E-state index in [4.69, 9.17) is 14.5 Å². The number of aromatic amines is 1. The van der Waals surface area contributed by atoms with Gasteiger partial charge in [-0.3, -0.25) is 14.1 Å². The molecule has 5 N–H and O–H groups in total. The molecular formula is C11H16N5O7P. The maximum Gasteiger partial charge on any atom is 0.469 e. The molecule has 0 amide bonds. The molecule has 13 heteroatoms. The Kier molecular flexibility index (Phi) is 4.42. The minimum atomic E-state index is -4.73. The zero-order valence-corrected chi connectivity index (χ0v) is 13.4. The van der Waals surface area contributed by atoms with Crippen molar-refractivity contribution >= 4 is 24.8 Å². The summed E-state index contributed by atoms with van der Waals surface area (Å²) in [6.45, 7) is -0.483. The number of anilines is 1. The molecule has 3 atom stereocenters. The Bertz CT molecular complexity index is 845. The molecule has 0 unspecified atom stereocenters. The number of aromatic nitrogens is 4.